The first-order valence-electron chi connectivity index (χ1n) is 5.04. The number of nitrogens with zero attached hydrogens (tertiary/aromatic N) is 1. The molecule has 6 heteroatoms. The molecule has 0 radical (unpaired) electrons. The van der Waals surface area contributed by atoms with Crippen molar-refractivity contribution in [3.63, 3.8) is 0 Å². The van der Waals surface area contributed by atoms with Crippen molar-refractivity contribution in [2.45, 2.75) is 9.79 Å². The van der Waals surface area contributed by atoms with Crippen molar-refractivity contribution >= 4 is 34.7 Å². The lowest BCUT2D eigenvalue weighted by molar-refractivity contribution is -0.383. The van der Waals surface area contributed by atoms with Crippen LogP contribution in [0.1, 0.15) is 0 Å². The Balaban J connectivity index is 2.29. The third kappa shape index (κ3) is 2.75. The Bertz CT molecular complexity index is 604. The third-order valence-corrected chi connectivity index (χ3v) is 3.77. The second-order valence-electron chi connectivity index (χ2n) is 3.51. The molecule has 0 spiro atoms. The number of nitrogens with two attached hydrogens (primary N) is 1. The lowest BCUT2D eigenvalue weighted by atomic mass is 10.3. The summed E-state index contributed by atoms with van der Waals surface area (Å²) in [7, 11) is 0. The van der Waals surface area contributed by atoms with E-state index in [1.165, 1.54) is 17.8 Å². The van der Waals surface area contributed by atoms with Gasteiger partial charge in [-0.15, -0.1) is 0 Å². The third-order valence-electron chi connectivity index (χ3n) is 2.26. The molecule has 0 bridgehead atoms. The van der Waals surface area contributed by atoms with Gasteiger partial charge in [0.1, 0.15) is 5.69 Å². The van der Waals surface area contributed by atoms with E-state index in [1.807, 2.05) is 18.2 Å². The predicted octanol–water partition coefficient (Wildman–Crippen LogP) is 3.98. The molecule has 2 rings (SSSR count). The van der Waals surface area contributed by atoms with Crippen LogP contribution in [0, 0.1) is 10.1 Å². The maximum absolute atomic E-state index is 10.6. The first kappa shape index (κ1) is 12.7. The molecule has 0 aliphatic rings. The van der Waals surface area contributed by atoms with Gasteiger partial charge in [0.2, 0.25) is 0 Å². The summed E-state index contributed by atoms with van der Waals surface area (Å²) in [6.07, 6.45) is 0. The van der Waals surface area contributed by atoms with Crippen LogP contribution in [0.4, 0.5) is 11.4 Å². The van der Waals surface area contributed by atoms with Gasteiger partial charge in [0, 0.05) is 15.9 Å². The van der Waals surface area contributed by atoms with Gasteiger partial charge in [-0.25, -0.2) is 0 Å². The molecule has 2 aromatic carbocycles. The van der Waals surface area contributed by atoms with Crippen molar-refractivity contribution in [1.82, 2.24) is 0 Å². The number of hydrogen-bond acceptors (Lipinski definition) is 4. The Hall–Kier alpha value is -1.72. The van der Waals surface area contributed by atoms with Crippen LogP contribution in [0.15, 0.2) is 52.3 Å². The number of nitro groups is 1. The highest BCUT2D eigenvalue weighted by Crippen LogP contribution is 2.35. The second kappa shape index (κ2) is 5.29. The van der Waals surface area contributed by atoms with E-state index in [1.54, 1.807) is 18.2 Å². The van der Waals surface area contributed by atoms with E-state index in [-0.39, 0.29) is 11.4 Å². The Labute approximate surface area is 113 Å². The van der Waals surface area contributed by atoms with Gasteiger partial charge in [0.05, 0.1) is 9.95 Å². The Kier molecular flexibility index (Phi) is 3.74. The van der Waals surface area contributed by atoms with E-state index in [4.69, 9.17) is 17.3 Å². The van der Waals surface area contributed by atoms with E-state index in [2.05, 4.69) is 0 Å². The van der Waals surface area contributed by atoms with Gasteiger partial charge in [-0.1, -0.05) is 35.5 Å². The van der Waals surface area contributed by atoms with Crippen molar-refractivity contribution in [2.75, 3.05) is 5.73 Å². The van der Waals surface area contributed by atoms with Crippen LogP contribution >= 0.6 is 23.4 Å². The fraction of sp³-hybridized carbons (Fsp3) is 0. The van der Waals surface area contributed by atoms with Crippen LogP contribution in [0.25, 0.3) is 0 Å². The number of nitro benzene ring substituents is 1. The molecule has 4 nitrogen and oxygen atoms in total. The molecule has 0 saturated heterocycles. The smallest absolute Gasteiger partial charge is 0.292 e. The number of benzene rings is 2. The largest absolute Gasteiger partial charge is 0.393 e. The summed E-state index contributed by atoms with van der Waals surface area (Å²) in [5.74, 6) is 0. The molecule has 0 heterocycles. The molecule has 0 saturated carbocycles. The van der Waals surface area contributed by atoms with Gasteiger partial charge in [-0.2, -0.15) is 0 Å². The van der Waals surface area contributed by atoms with Crippen LogP contribution < -0.4 is 5.73 Å². The summed E-state index contributed by atoms with van der Waals surface area (Å²) in [6, 6.07) is 12.0. The molecular formula is C12H9ClN2O2S. The molecule has 18 heavy (non-hydrogen) atoms. The summed E-state index contributed by atoms with van der Waals surface area (Å²) in [5.41, 5.74) is 5.69. The maximum Gasteiger partial charge on any atom is 0.292 e. The number of anilines is 1. The number of rotatable bonds is 3. The van der Waals surface area contributed by atoms with Crippen molar-refractivity contribution in [3.05, 3.63) is 57.6 Å². The fourth-order valence-corrected chi connectivity index (χ4v) is 2.56. The number of hydrogen-bond donors (Lipinski definition) is 1. The van der Waals surface area contributed by atoms with Crippen LogP contribution in [-0.4, -0.2) is 4.92 Å². The van der Waals surface area contributed by atoms with Gasteiger partial charge < -0.3 is 5.73 Å². The maximum atomic E-state index is 10.6. The zero-order chi connectivity index (χ0) is 13.1. The van der Waals surface area contributed by atoms with Gasteiger partial charge in [-0.05, 0) is 24.3 Å². The summed E-state index contributed by atoms with van der Waals surface area (Å²) in [4.78, 5) is 11.8. The molecule has 92 valence electrons. The lowest BCUT2D eigenvalue weighted by Gasteiger charge is -2.04. The van der Waals surface area contributed by atoms with Crippen LogP contribution in [0.5, 0.6) is 0 Å². The normalized spacial score (nSPS) is 10.3. The predicted molar refractivity (Wildman–Crippen MR) is 73.1 cm³/mol. The van der Waals surface area contributed by atoms with E-state index in [9.17, 15) is 10.1 Å². The standard InChI is InChI=1S/C12H9ClN2O2S/c13-9-3-1-2-4-12(9)18-8-5-6-11(15(16)17)10(14)7-8/h1-7H,14H2. The quantitative estimate of drug-likeness (QED) is 0.524. The van der Waals surface area contributed by atoms with Crippen LogP contribution in [0.3, 0.4) is 0 Å². The van der Waals surface area contributed by atoms with E-state index < -0.39 is 4.92 Å². The highest BCUT2D eigenvalue weighted by molar-refractivity contribution is 7.99. The second-order valence-corrected chi connectivity index (χ2v) is 5.03. The SMILES string of the molecule is Nc1cc(Sc2ccccc2Cl)ccc1[N+](=O)[O-]. The van der Waals surface area contributed by atoms with Crippen molar-refractivity contribution in [2.24, 2.45) is 0 Å². The van der Waals surface area contributed by atoms with Crippen molar-refractivity contribution in [1.29, 1.82) is 0 Å². The average Bonchev–Trinajstić information content (AvgIpc) is 2.32. The Morgan fingerprint density at radius 2 is 1.94 bits per heavy atom. The molecule has 0 unspecified atom stereocenters. The van der Waals surface area contributed by atoms with Crippen LogP contribution in [0.2, 0.25) is 5.02 Å². The first-order valence-corrected chi connectivity index (χ1v) is 6.23. The summed E-state index contributed by atoms with van der Waals surface area (Å²) < 4.78 is 0. The van der Waals surface area contributed by atoms with E-state index in [0.29, 0.717) is 5.02 Å². The first-order chi connectivity index (χ1) is 8.58. The zero-order valence-electron chi connectivity index (χ0n) is 9.17. The zero-order valence-corrected chi connectivity index (χ0v) is 10.7. The van der Waals surface area contributed by atoms with Crippen LogP contribution in [-0.2, 0) is 0 Å². The molecule has 0 amide bonds. The van der Waals surface area contributed by atoms with E-state index in [0.717, 1.165) is 9.79 Å². The van der Waals surface area contributed by atoms with Gasteiger partial charge in [-0.3, -0.25) is 10.1 Å². The Morgan fingerprint density at radius 1 is 1.22 bits per heavy atom. The molecule has 0 aromatic heterocycles. The van der Waals surface area contributed by atoms with Crippen molar-refractivity contribution in [3.8, 4) is 0 Å². The minimum absolute atomic E-state index is 0.0847. The highest BCUT2D eigenvalue weighted by atomic mass is 35.5. The molecule has 0 aliphatic heterocycles. The number of halogens is 1. The minimum atomic E-state index is -0.501. The van der Waals surface area contributed by atoms with E-state index >= 15 is 0 Å². The molecular weight excluding hydrogens is 272 g/mol. The lowest BCUT2D eigenvalue weighted by Crippen LogP contribution is -1.95. The highest BCUT2D eigenvalue weighted by Gasteiger charge is 2.12. The average molecular weight is 281 g/mol. The molecule has 2 aromatic rings. The van der Waals surface area contributed by atoms with Gasteiger partial charge in [0.25, 0.3) is 5.69 Å². The molecule has 0 atom stereocenters. The summed E-state index contributed by atoms with van der Waals surface area (Å²) in [5, 5.41) is 11.3. The van der Waals surface area contributed by atoms with Crippen molar-refractivity contribution < 1.29 is 4.92 Å². The molecule has 0 aliphatic carbocycles. The summed E-state index contributed by atoms with van der Waals surface area (Å²) in [6.45, 7) is 0. The fourth-order valence-electron chi connectivity index (χ4n) is 1.42. The summed E-state index contributed by atoms with van der Waals surface area (Å²) >= 11 is 7.45. The monoisotopic (exact) mass is 280 g/mol. The van der Waals surface area contributed by atoms with Gasteiger partial charge in [0.15, 0.2) is 0 Å². The minimum Gasteiger partial charge on any atom is -0.393 e. The topological polar surface area (TPSA) is 69.2 Å². The molecule has 2 N–H and O–H groups in total. The Morgan fingerprint density at radius 3 is 2.56 bits per heavy atom. The number of nitrogen functional groups attached to an aromatic ring is 1. The van der Waals surface area contributed by atoms with Gasteiger partial charge >= 0.3 is 0 Å². The molecule has 0 fully saturated rings.